The first-order valence-corrected chi connectivity index (χ1v) is 5.51. The van der Waals surface area contributed by atoms with E-state index in [1.807, 2.05) is 6.92 Å². The molecule has 1 aliphatic rings. The van der Waals surface area contributed by atoms with Crippen molar-refractivity contribution in [2.45, 2.75) is 13.1 Å². The summed E-state index contributed by atoms with van der Waals surface area (Å²) in [6.07, 6.45) is -3.73. The summed E-state index contributed by atoms with van der Waals surface area (Å²) >= 11 is 5.80. The molecule has 2 rings (SSSR count). The third-order valence-corrected chi connectivity index (χ3v) is 2.86. The SMILES string of the molecule is CC1CN(c2ncc(C(F)(F)F)cc2Cl)N=C1N. The molecular weight excluding hydrogens is 269 g/mol. The maximum absolute atomic E-state index is 12.4. The first-order valence-electron chi connectivity index (χ1n) is 5.13. The number of anilines is 1. The van der Waals surface area contributed by atoms with Gasteiger partial charge in [0.1, 0.15) is 5.84 Å². The number of alkyl halides is 3. The van der Waals surface area contributed by atoms with Gasteiger partial charge < -0.3 is 5.73 Å². The fourth-order valence-corrected chi connectivity index (χ4v) is 1.81. The average molecular weight is 279 g/mol. The Balaban J connectivity index is 2.32. The van der Waals surface area contributed by atoms with Gasteiger partial charge >= 0.3 is 6.18 Å². The minimum atomic E-state index is -4.46. The number of nitrogens with zero attached hydrogens (tertiary/aromatic N) is 3. The number of aromatic nitrogens is 1. The second-order valence-corrected chi connectivity index (χ2v) is 4.44. The van der Waals surface area contributed by atoms with E-state index in [1.165, 1.54) is 5.01 Å². The Morgan fingerprint density at radius 3 is 2.61 bits per heavy atom. The van der Waals surface area contributed by atoms with Crippen LogP contribution in [0.25, 0.3) is 0 Å². The molecule has 8 heteroatoms. The normalized spacial score (nSPS) is 20.2. The number of hydrazone groups is 1. The molecule has 1 aliphatic heterocycles. The molecule has 0 spiro atoms. The van der Waals surface area contributed by atoms with Crippen molar-refractivity contribution in [3.05, 3.63) is 22.8 Å². The Labute approximate surface area is 106 Å². The van der Waals surface area contributed by atoms with Crippen molar-refractivity contribution in [1.82, 2.24) is 4.98 Å². The first kappa shape index (κ1) is 12.9. The van der Waals surface area contributed by atoms with Crippen LogP contribution in [-0.2, 0) is 6.18 Å². The van der Waals surface area contributed by atoms with Crippen LogP contribution in [0.3, 0.4) is 0 Å². The zero-order valence-electron chi connectivity index (χ0n) is 9.37. The summed E-state index contributed by atoms with van der Waals surface area (Å²) in [4.78, 5) is 3.71. The van der Waals surface area contributed by atoms with Crippen molar-refractivity contribution < 1.29 is 13.2 Å². The number of nitrogens with two attached hydrogens (primary N) is 1. The molecule has 0 radical (unpaired) electrons. The van der Waals surface area contributed by atoms with E-state index in [9.17, 15) is 13.2 Å². The van der Waals surface area contributed by atoms with Crippen LogP contribution >= 0.6 is 11.6 Å². The van der Waals surface area contributed by atoms with Crippen molar-refractivity contribution in [3.63, 3.8) is 0 Å². The van der Waals surface area contributed by atoms with Gasteiger partial charge in [-0.15, -0.1) is 0 Å². The van der Waals surface area contributed by atoms with E-state index in [0.29, 0.717) is 12.4 Å². The molecular formula is C10H10ClF3N4. The van der Waals surface area contributed by atoms with Gasteiger partial charge in [0.15, 0.2) is 5.82 Å². The van der Waals surface area contributed by atoms with E-state index in [-0.39, 0.29) is 16.8 Å². The summed E-state index contributed by atoms with van der Waals surface area (Å²) < 4.78 is 37.3. The maximum atomic E-state index is 12.4. The molecule has 0 aliphatic carbocycles. The minimum absolute atomic E-state index is 0.0187. The van der Waals surface area contributed by atoms with Crippen LogP contribution in [0.1, 0.15) is 12.5 Å². The van der Waals surface area contributed by atoms with Gasteiger partial charge in [-0.3, -0.25) is 0 Å². The zero-order chi connectivity index (χ0) is 13.5. The third-order valence-electron chi connectivity index (χ3n) is 2.58. The predicted molar refractivity (Wildman–Crippen MR) is 62.4 cm³/mol. The molecule has 98 valence electrons. The van der Waals surface area contributed by atoms with E-state index in [4.69, 9.17) is 17.3 Å². The quantitative estimate of drug-likeness (QED) is 0.859. The molecule has 0 fully saturated rings. The third kappa shape index (κ3) is 2.35. The number of hydrogen-bond acceptors (Lipinski definition) is 4. The number of halogens is 4. The lowest BCUT2D eigenvalue weighted by atomic mass is 10.2. The van der Waals surface area contributed by atoms with Crippen LogP contribution in [0.5, 0.6) is 0 Å². The van der Waals surface area contributed by atoms with E-state index < -0.39 is 11.7 Å². The van der Waals surface area contributed by atoms with Crippen LogP contribution in [0, 0.1) is 5.92 Å². The fraction of sp³-hybridized carbons (Fsp3) is 0.400. The molecule has 4 nitrogen and oxygen atoms in total. The molecule has 1 unspecified atom stereocenters. The topological polar surface area (TPSA) is 54.5 Å². The molecule has 0 aromatic carbocycles. The summed E-state index contributed by atoms with van der Waals surface area (Å²) in [5.41, 5.74) is 4.72. The molecule has 1 aromatic rings. The lowest BCUT2D eigenvalue weighted by Crippen LogP contribution is -2.21. The van der Waals surface area contributed by atoms with E-state index in [2.05, 4.69) is 10.1 Å². The summed E-state index contributed by atoms with van der Waals surface area (Å²) in [6, 6.07) is 0.832. The van der Waals surface area contributed by atoms with Crippen molar-refractivity contribution in [3.8, 4) is 0 Å². The molecule has 2 N–H and O–H groups in total. The van der Waals surface area contributed by atoms with Gasteiger partial charge in [-0.1, -0.05) is 18.5 Å². The van der Waals surface area contributed by atoms with Gasteiger partial charge in [-0.2, -0.15) is 18.3 Å². The van der Waals surface area contributed by atoms with Gasteiger partial charge in [0, 0.05) is 12.1 Å². The highest BCUT2D eigenvalue weighted by molar-refractivity contribution is 6.33. The summed E-state index contributed by atoms with van der Waals surface area (Å²) in [7, 11) is 0. The van der Waals surface area contributed by atoms with Crippen LogP contribution in [0.15, 0.2) is 17.4 Å². The van der Waals surface area contributed by atoms with Crippen molar-refractivity contribution >= 4 is 23.3 Å². The van der Waals surface area contributed by atoms with Crippen molar-refractivity contribution in [2.24, 2.45) is 16.8 Å². The second-order valence-electron chi connectivity index (χ2n) is 4.04. The maximum Gasteiger partial charge on any atom is 0.417 e. The van der Waals surface area contributed by atoms with E-state index in [0.717, 1.165) is 12.3 Å². The Kier molecular flexibility index (Phi) is 3.10. The Hall–Kier alpha value is -1.50. The summed E-state index contributed by atoms with van der Waals surface area (Å²) in [5, 5.41) is 5.30. The Morgan fingerprint density at radius 2 is 2.17 bits per heavy atom. The monoisotopic (exact) mass is 278 g/mol. The van der Waals surface area contributed by atoms with Crippen LogP contribution in [-0.4, -0.2) is 17.4 Å². The standard InChI is InChI=1S/C10H10ClF3N4/c1-5-4-18(17-8(5)15)9-7(11)2-6(3-16-9)10(12,13)14/h2-3,5H,4H2,1H3,(H2,15,17). The van der Waals surface area contributed by atoms with Gasteiger partial charge in [-0.25, -0.2) is 9.99 Å². The van der Waals surface area contributed by atoms with Crippen molar-refractivity contribution in [2.75, 3.05) is 11.6 Å². The molecule has 2 heterocycles. The molecule has 0 bridgehead atoms. The highest BCUT2D eigenvalue weighted by Gasteiger charge is 2.32. The molecule has 0 saturated heterocycles. The Bertz CT molecular complexity index is 500. The lowest BCUT2D eigenvalue weighted by Gasteiger charge is -2.16. The van der Waals surface area contributed by atoms with E-state index >= 15 is 0 Å². The Morgan fingerprint density at radius 1 is 1.50 bits per heavy atom. The summed E-state index contributed by atoms with van der Waals surface area (Å²) in [6.45, 7) is 2.31. The summed E-state index contributed by atoms with van der Waals surface area (Å²) in [5.74, 6) is 0.606. The van der Waals surface area contributed by atoms with Gasteiger partial charge in [0.05, 0.1) is 17.1 Å². The van der Waals surface area contributed by atoms with E-state index in [1.54, 1.807) is 0 Å². The molecule has 1 atom stereocenters. The largest absolute Gasteiger partial charge is 0.417 e. The van der Waals surface area contributed by atoms with Crippen molar-refractivity contribution in [1.29, 1.82) is 0 Å². The highest BCUT2D eigenvalue weighted by atomic mass is 35.5. The molecule has 0 saturated carbocycles. The second kappa shape index (κ2) is 4.31. The molecule has 1 aromatic heterocycles. The van der Waals surface area contributed by atoms with Gasteiger partial charge in [0.2, 0.25) is 0 Å². The van der Waals surface area contributed by atoms with Crippen LogP contribution < -0.4 is 10.7 Å². The first-order chi connectivity index (χ1) is 8.29. The molecule has 0 amide bonds. The average Bonchev–Trinajstić information content (AvgIpc) is 2.57. The minimum Gasteiger partial charge on any atom is -0.385 e. The lowest BCUT2D eigenvalue weighted by molar-refractivity contribution is -0.137. The van der Waals surface area contributed by atoms with Gasteiger partial charge in [-0.05, 0) is 6.07 Å². The van der Waals surface area contributed by atoms with Crippen LogP contribution in [0.4, 0.5) is 19.0 Å². The number of pyridine rings is 1. The fourth-order valence-electron chi connectivity index (χ4n) is 1.54. The number of rotatable bonds is 1. The molecule has 18 heavy (non-hydrogen) atoms. The highest BCUT2D eigenvalue weighted by Crippen LogP contribution is 2.34. The predicted octanol–water partition coefficient (Wildman–Crippen LogP) is 2.48. The smallest absolute Gasteiger partial charge is 0.385 e. The number of hydrogen-bond donors (Lipinski definition) is 1. The van der Waals surface area contributed by atoms with Gasteiger partial charge in [0.25, 0.3) is 0 Å². The van der Waals surface area contributed by atoms with Crippen LogP contribution in [0.2, 0.25) is 5.02 Å². The number of amidine groups is 1. The zero-order valence-corrected chi connectivity index (χ0v) is 10.1.